The van der Waals surface area contributed by atoms with E-state index in [1.807, 2.05) is 68.4 Å². The minimum atomic E-state index is -0.0611. The van der Waals surface area contributed by atoms with E-state index in [4.69, 9.17) is 4.74 Å². The van der Waals surface area contributed by atoms with Crippen LogP contribution >= 0.6 is 11.8 Å². The van der Waals surface area contributed by atoms with E-state index in [1.165, 1.54) is 11.8 Å². The number of carbonyl (C=O) groups excluding carboxylic acids is 1. The maximum Gasteiger partial charge on any atom is 0.234 e. The molecule has 4 rings (SSSR count). The van der Waals surface area contributed by atoms with Crippen LogP contribution in [0.25, 0.3) is 16.8 Å². The van der Waals surface area contributed by atoms with Crippen LogP contribution in [0.2, 0.25) is 0 Å². The molecule has 0 spiro atoms. The zero-order valence-corrected chi connectivity index (χ0v) is 17.9. The van der Waals surface area contributed by atoms with Crippen LogP contribution in [0, 0.1) is 13.8 Å². The van der Waals surface area contributed by atoms with Crippen LogP contribution in [0.3, 0.4) is 0 Å². The highest BCUT2D eigenvalue weighted by atomic mass is 32.2. The molecule has 7 heteroatoms. The van der Waals surface area contributed by atoms with Gasteiger partial charge in [-0.05, 0) is 49.7 Å². The van der Waals surface area contributed by atoms with Gasteiger partial charge in [0.2, 0.25) is 5.91 Å². The molecule has 2 aromatic carbocycles. The van der Waals surface area contributed by atoms with Crippen molar-refractivity contribution in [3.63, 3.8) is 0 Å². The summed E-state index contributed by atoms with van der Waals surface area (Å²) in [7, 11) is 1.65. The number of amides is 1. The molecule has 0 saturated heterocycles. The highest BCUT2D eigenvalue weighted by Crippen LogP contribution is 2.29. The van der Waals surface area contributed by atoms with Crippen LogP contribution in [0.4, 0.5) is 5.69 Å². The van der Waals surface area contributed by atoms with Crippen LogP contribution in [0.5, 0.6) is 5.75 Å². The van der Waals surface area contributed by atoms with Gasteiger partial charge >= 0.3 is 0 Å². The molecule has 0 aliphatic carbocycles. The summed E-state index contributed by atoms with van der Waals surface area (Å²) in [4.78, 5) is 17.1. The number of aryl methyl sites for hydroxylation is 2. The van der Waals surface area contributed by atoms with Crippen LogP contribution in [-0.2, 0) is 4.79 Å². The lowest BCUT2D eigenvalue weighted by atomic mass is 10.1. The van der Waals surface area contributed by atoms with Crippen LogP contribution in [-0.4, -0.2) is 33.4 Å². The van der Waals surface area contributed by atoms with Gasteiger partial charge in [0.05, 0.1) is 19.1 Å². The molecule has 0 aliphatic rings. The van der Waals surface area contributed by atoms with Gasteiger partial charge < -0.3 is 10.1 Å². The normalized spacial score (nSPS) is 10.9. The van der Waals surface area contributed by atoms with Gasteiger partial charge in [0.15, 0.2) is 5.65 Å². The van der Waals surface area contributed by atoms with Crippen molar-refractivity contribution in [2.75, 3.05) is 18.2 Å². The van der Waals surface area contributed by atoms with Crippen molar-refractivity contribution in [3.8, 4) is 16.9 Å². The van der Waals surface area contributed by atoms with Crippen LogP contribution < -0.4 is 10.1 Å². The molecule has 1 N–H and O–H groups in total. The molecule has 0 atom stereocenters. The van der Waals surface area contributed by atoms with E-state index in [1.54, 1.807) is 17.8 Å². The molecule has 0 bridgehead atoms. The van der Waals surface area contributed by atoms with Crippen molar-refractivity contribution in [1.29, 1.82) is 0 Å². The summed E-state index contributed by atoms with van der Waals surface area (Å²) in [6.45, 7) is 3.96. The third-order valence-corrected chi connectivity index (χ3v) is 5.65. The first-order valence-electron chi connectivity index (χ1n) is 9.52. The molecule has 2 heterocycles. The lowest BCUT2D eigenvalue weighted by Crippen LogP contribution is -2.14. The number of aromatic nitrogens is 3. The zero-order chi connectivity index (χ0) is 21.1. The second kappa shape index (κ2) is 8.59. The first-order chi connectivity index (χ1) is 14.5. The number of ether oxygens (including phenoxy) is 1. The maximum atomic E-state index is 12.4. The number of nitrogens with zero attached hydrogens (tertiary/aromatic N) is 3. The Labute approximate surface area is 179 Å². The van der Waals surface area contributed by atoms with E-state index in [-0.39, 0.29) is 11.7 Å². The van der Waals surface area contributed by atoms with E-state index >= 15 is 0 Å². The summed E-state index contributed by atoms with van der Waals surface area (Å²) < 4.78 is 7.03. The Morgan fingerprint density at radius 3 is 2.53 bits per heavy atom. The third-order valence-electron chi connectivity index (χ3n) is 4.65. The fraction of sp³-hybridized carbons (Fsp3) is 0.174. The second-order valence-corrected chi connectivity index (χ2v) is 7.96. The van der Waals surface area contributed by atoms with Crippen molar-refractivity contribution in [2.45, 2.75) is 18.9 Å². The summed E-state index contributed by atoms with van der Waals surface area (Å²) in [5, 5.41) is 8.32. The number of thioether (sulfide) groups is 1. The molecule has 6 nitrogen and oxygen atoms in total. The molecule has 0 aliphatic heterocycles. The maximum absolute atomic E-state index is 12.4. The van der Waals surface area contributed by atoms with Gasteiger partial charge in [-0.2, -0.15) is 5.10 Å². The Balaban J connectivity index is 1.54. The molecular weight excluding hydrogens is 396 g/mol. The van der Waals surface area contributed by atoms with Gasteiger partial charge in [-0.25, -0.2) is 9.50 Å². The van der Waals surface area contributed by atoms with Crippen molar-refractivity contribution in [2.24, 2.45) is 0 Å². The molecule has 0 fully saturated rings. The van der Waals surface area contributed by atoms with E-state index in [0.717, 1.165) is 44.5 Å². The van der Waals surface area contributed by atoms with E-state index in [9.17, 15) is 4.79 Å². The fourth-order valence-electron chi connectivity index (χ4n) is 3.10. The number of hydrogen-bond donors (Lipinski definition) is 1. The molecule has 0 saturated carbocycles. The van der Waals surface area contributed by atoms with Gasteiger partial charge in [-0.15, -0.1) is 0 Å². The summed E-state index contributed by atoms with van der Waals surface area (Å²) in [5.74, 6) is 1.02. The standard InChI is InChI=1S/C23H22N4O2S/c1-15-4-8-18(9-5-15)26-21(28)14-30-22-12-16(2)25-23-20(13-24-27(22)23)17-6-10-19(29-3)11-7-17/h4-13H,14H2,1-3H3,(H,26,28). The van der Waals surface area contributed by atoms with Gasteiger partial charge in [-0.1, -0.05) is 41.6 Å². The first-order valence-corrected chi connectivity index (χ1v) is 10.5. The summed E-state index contributed by atoms with van der Waals surface area (Å²) in [6.07, 6.45) is 1.81. The van der Waals surface area contributed by atoms with Crippen molar-refractivity contribution < 1.29 is 9.53 Å². The topological polar surface area (TPSA) is 68.5 Å². The molecule has 4 aromatic rings. The predicted molar refractivity (Wildman–Crippen MR) is 120 cm³/mol. The lowest BCUT2D eigenvalue weighted by molar-refractivity contribution is -0.113. The number of hydrogen-bond acceptors (Lipinski definition) is 5. The Morgan fingerprint density at radius 1 is 1.10 bits per heavy atom. The Bertz CT molecular complexity index is 1180. The summed E-state index contributed by atoms with van der Waals surface area (Å²) in [6, 6.07) is 17.5. The number of fused-ring (bicyclic) bond motifs is 1. The van der Waals surface area contributed by atoms with Crippen molar-refractivity contribution in [3.05, 3.63) is 72.1 Å². The second-order valence-electron chi connectivity index (χ2n) is 6.96. The molecule has 30 heavy (non-hydrogen) atoms. The molecule has 1 amide bonds. The average molecular weight is 419 g/mol. The van der Waals surface area contributed by atoms with E-state index < -0.39 is 0 Å². The largest absolute Gasteiger partial charge is 0.497 e. The minimum absolute atomic E-state index is 0.0611. The van der Waals surface area contributed by atoms with Crippen LogP contribution in [0.15, 0.2) is 65.8 Å². The predicted octanol–water partition coefficient (Wildman–Crippen LogP) is 4.75. The highest BCUT2D eigenvalue weighted by molar-refractivity contribution is 7.99. The monoisotopic (exact) mass is 418 g/mol. The van der Waals surface area contributed by atoms with Crippen LogP contribution in [0.1, 0.15) is 11.3 Å². The Morgan fingerprint density at radius 2 is 1.83 bits per heavy atom. The Hall–Kier alpha value is -3.32. The van der Waals surface area contributed by atoms with E-state index in [2.05, 4.69) is 15.4 Å². The average Bonchev–Trinajstić information content (AvgIpc) is 3.17. The quantitative estimate of drug-likeness (QED) is 0.361. The van der Waals surface area contributed by atoms with Gasteiger partial charge in [0.1, 0.15) is 10.8 Å². The lowest BCUT2D eigenvalue weighted by Gasteiger charge is -2.08. The summed E-state index contributed by atoms with van der Waals surface area (Å²) in [5.41, 5.74) is 5.54. The minimum Gasteiger partial charge on any atom is -0.497 e. The third kappa shape index (κ3) is 4.31. The van der Waals surface area contributed by atoms with Gasteiger partial charge in [0.25, 0.3) is 0 Å². The number of anilines is 1. The number of benzene rings is 2. The zero-order valence-electron chi connectivity index (χ0n) is 17.0. The molecule has 0 unspecified atom stereocenters. The number of nitrogens with one attached hydrogen (secondary N) is 1. The highest BCUT2D eigenvalue weighted by Gasteiger charge is 2.14. The summed E-state index contributed by atoms with van der Waals surface area (Å²) >= 11 is 1.44. The molecule has 2 aromatic heterocycles. The first kappa shape index (κ1) is 20.0. The number of carbonyl (C=O) groups is 1. The van der Waals surface area contributed by atoms with Crippen molar-refractivity contribution in [1.82, 2.24) is 14.6 Å². The molecule has 152 valence electrons. The van der Waals surface area contributed by atoms with E-state index in [0.29, 0.717) is 0 Å². The molecular formula is C23H22N4O2S. The molecule has 0 radical (unpaired) electrons. The van der Waals surface area contributed by atoms with Crippen molar-refractivity contribution >= 4 is 29.0 Å². The van der Waals surface area contributed by atoms with Gasteiger partial charge in [-0.3, -0.25) is 4.79 Å². The Kier molecular flexibility index (Phi) is 5.72. The van der Waals surface area contributed by atoms with Gasteiger partial charge in [0, 0.05) is 16.9 Å². The fourth-order valence-corrected chi connectivity index (χ4v) is 3.96. The smallest absolute Gasteiger partial charge is 0.234 e. The number of methoxy groups -OCH3 is 1. The SMILES string of the molecule is COc1ccc(-c2cnn3c(SCC(=O)Nc4ccc(C)cc4)cc(C)nc23)cc1. The number of rotatable bonds is 6.